The molecule has 1 aliphatic rings. The fourth-order valence-corrected chi connectivity index (χ4v) is 3.38. The van der Waals surface area contributed by atoms with Crippen molar-refractivity contribution >= 4 is 5.91 Å². The predicted octanol–water partition coefficient (Wildman–Crippen LogP) is 1.05. The van der Waals surface area contributed by atoms with Crippen LogP contribution in [-0.2, 0) is 17.6 Å². The molecule has 0 aliphatic carbocycles. The van der Waals surface area contributed by atoms with Gasteiger partial charge in [0.1, 0.15) is 5.82 Å². The number of carbonyl (C=O) groups is 1. The Labute approximate surface area is 152 Å². The lowest BCUT2D eigenvalue weighted by Gasteiger charge is -2.15. The summed E-state index contributed by atoms with van der Waals surface area (Å²) in [4.78, 5) is 14.1. The zero-order valence-corrected chi connectivity index (χ0v) is 14.9. The van der Waals surface area contributed by atoms with Gasteiger partial charge in [-0.2, -0.15) is 5.10 Å². The Morgan fingerprint density at radius 3 is 2.85 bits per heavy atom. The second kappa shape index (κ2) is 8.42. The van der Waals surface area contributed by atoms with Crippen LogP contribution in [0, 0.1) is 18.7 Å². The van der Waals surface area contributed by atoms with E-state index in [0.29, 0.717) is 32.5 Å². The van der Waals surface area contributed by atoms with Crippen LogP contribution < -0.4 is 5.32 Å². The number of aliphatic hydroxyl groups excluding tert-OH is 1. The van der Waals surface area contributed by atoms with Gasteiger partial charge >= 0.3 is 0 Å². The molecule has 1 aliphatic heterocycles. The van der Waals surface area contributed by atoms with Gasteiger partial charge in [0.25, 0.3) is 0 Å². The van der Waals surface area contributed by atoms with Crippen molar-refractivity contribution in [3.8, 4) is 0 Å². The molecule has 6 nitrogen and oxygen atoms in total. The molecule has 3 N–H and O–H groups in total. The van der Waals surface area contributed by atoms with Gasteiger partial charge in [-0.15, -0.1) is 0 Å². The molecule has 0 spiro atoms. The summed E-state index contributed by atoms with van der Waals surface area (Å²) in [7, 11) is 0. The molecule has 1 aromatic carbocycles. The Bertz CT molecular complexity index is 731. The first kappa shape index (κ1) is 18.5. The maximum atomic E-state index is 12.9. The number of β-amino-alcohol motifs (C(OH)–C–C–N with tert-alkyl or cyclic N) is 1. The van der Waals surface area contributed by atoms with Crippen molar-refractivity contribution in [2.75, 3.05) is 26.2 Å². The Hall–Kier alpha value is -2.25. The lowest BCUT2D eigenvalue weighted by Crippen LogP contribution is -2.37. The van der Waals surface area contributed by atoms with Crippen molar-refractivity contribution < 1.29 is 14.3 Å². The number of hydrogen-bond acceptors (Lipinski definition) is 4. The molecule has 3 rings (SSSR count). The highest BCUT2D eigenvalue weighted by Gasteiger charge is 2.32. The molecule has 0 bridgehead atoms. The molecular formula is C19H25FN4O2. The van der Waals surface area contributed by atoms with E-state index < -0.39 is 6.10 Å². The van der Waals surface area contributed by atoms with Gasteiger partial charge in [0.05, 0.1) is 18.3 Å². The first-order valence-corrected chi connectivity index (χ1v) is 8.92. The second-order valence-electron chi connectivity index (χ2n) is 6.99. The smallest absolute Gasteiger partial charge is 0.234 e. The third-order valence-corrected chi connectivity index (χ3v) is 4.73. The van der Waals surface area contributed by atoms with Crippen LogP contribution in [-0.4, -0.2) is 58.4 Å². The number of rotatable bonds is 7. The second-order valence-corrected chi connectivity index (χ2v) is 6.99. The predicted molar refractivity (Wildman–Crippen MR) is 96.1 cm³/mol. The molecule has 0 unspecified atom stereocenters. The molecule has 1 fully saturated rings. The number of nitrogens with zero attached hydrogens (tertiary/aromatic N) is 2. The zero-order valence-electron chi connectivity index (χ0n) is 14.9. The summed E-state index contributed by atoms with van der Waals surface area (Å²) in [5, 5.41) is 20.3. The van der Waals surface area contributed by atoms with Gasteiger partial charge in [-0.1, -0.05) is 12.1 Å². The van der Waals surface area contributed by atoms with Gasteiger partial charge < -0.3 is 10.4 Å². The van der Waals surface area contributed by atoms with E-state index >= 15 is 0 Å². The maximum absolute atomic E-state index is 12.9. The average molecular weight is 360 g/mol. The van der Waals surface area contributed by atoms with E-state index in [2.05, 4.69) is 15.5 Å². The summed E-state index contributed by atoms with van der Waals surface area (Å²) < 4.78 is 12.9. The molecule has 1 aromatic heterocycles. The van der Waals surface area contributed by atoms with Gasteiger partial charge in [0, 0.05) is 31.2 Å². The van der Waals surface area contributed by atoms with Crippen LogP contribution in [0.1, 0.15) is 17.0 Å². The Kier molecular flexibility index (Phi) is 6.00. The summed E-state index contributed by atoms with van der Waals surface area (Å²) in [5.74, 6) is -0.231. The van der Waals surface area contributed by atoms with E-state index in [0.717, 1.165) is 17.0 Å². The molecule has 2 atom stereocenters. The van der Waals surface area contributed by atoms with Crippen molar-refractivity contribution in [3.05, 3.63) is 53.1 Å². The Morgan fingerprint density at radius 2 is 2.15 bits per heavy atom. The summed E-state index contributed by atoms with van der Waals surface area (Å²) in [6.45, 7) is 3.91. The lowest BCUT2D eigenvalue weighted by atomic mass is 10.0. The fraction of sp³-hybridized carbons (Fsp3) is 0.474. The number of aryl methyl sites for hydroxylation is 1. The van der Waals surface area contributed by atoms with Crippen LogP contribution >= 0.6 is 0 Å². The summed E-state index contributed by atoms with van der Waals surface area (Å²) in [6, 6.07) is 8.27. The van der Waals surface area contributed by atoms with E-state index in [9.17, 15) is 14.3 Å². The molecular weight excluding hydrogens is 335 g/mol. The van der Waals surface area contributed by atoms with Crippen LogP contribution in [0.15, 0.2) is 30.3 Å². The van der Waals surface area contributed by atoms with Crippen molar-refractivity contribution in [1.82, 2.24) is 20.4 Å². The average Bonchev–Trinajstić information content (AvgIpc) is 3.15. The molecule has 2 aromatic rings. The number of carbonyl (C=O) groups excluding carboxylic acids is 1. The number of likely N-dealkylation sites (tertiary alicyclic amines) is 1. The Balaban J connectivity index is 1.39. The van der Waals surface area contributed by atoms with Crippen LogP contribution in [0.4, 0.5) is 4.39 Å². The number of aromatic nitrogens is 2. The van der Waals surface area contributed by atoms with Crippen molar-refractivity contribution in [1.29, 1.82) is 0 Å². The van der Waals surface area contributed by atoms with Crippen LogP contribution in [0.2, 0.25) is 0 Å². The lowest BCUT2D eigenvalue weighted by molar-refractivity contribution is -0.122. The zero-order chi connectivity index (χ0) is 18.5. The van der Waals surface area contributed by atoms with Gasteiger partial charge in [-0.05, 0) is 43.5 Å². The molecule has 1 amide bonds. The number of amides is 1. The SMILES string of the molecule is Cc1cc(C[C@@H]2CN(CC(=O)NCCc3ccc(F)cc3)C[C@H]2O)n[nH]1. The number of aromatic amines is 1. The van der Waals surface area contributed by atoms with E-state index in [1.165, 1.54) is 12.1 Å². The largest absolute Gasteiger partial charge is 0.391 e. The summed E-state index contributed by atoms with van der Waals surface area (Å²) in [6.07, 6.45) is 0.920. The number of nitrogens with one attached hydrogen (secondary N) is 2. The highest BCUT2D eigenvalue weighted by Crippen LogP contribution is 2.20. The van der Waals surface area contributed by atoms with E-state index in [-0.39, 0.29) is 24.2 Å². The Morgan fingerprint density at radius 1 is 1.38 bits per heavy atom. The van der Waals surface area contributed by atoms with Crippen molar-refractivity contribution in [2.24, 2.45) is 5.92 Å². The first-order chi connectivity index (χ1) is 12.5. The quantitative estimate of drug-likeness (QED) is 0.689. The molecule has 2 heterocycles. The normalized spacial score (nSPS) is 20.4. The standard InChI is InChI=1S/C19H25FN4O2/c1-13-8-17(23-22-13)9-15-10-24(11-18(15)25)12-19(26)21-7-6-14-2-4-16(20)5-3-14/h2-5,8,15,18,25H,6-7,9-12H2,1H3,(H,21,26)(H,22,23)/t15-,18-/m1/s1. The fourth-order valence-electron chi connectivity index (χ4n) is 3.38. The van der Waals surface area contributed by atoms with Crippen molar-refractivity contribution in [2.45, 2.75) is 25.9 Å². The molecule has 140 valence electrons. The summed E-state index contributed by atoms with van der Waals surface area (Å²) in [5.41, 5.74) is 2.93. The van der Waals surface area contributed by atoms with Crippen LogP contribution in [0.3, 0.4) is 0 Å². The van der Waals surface area contributed by atoms with Gasteiger partial charge in [-0.3, -0.25) is 14.8 Å². The number of hydrogen-bond donors (Lipinski definition) is 3. The monoisotopic (exact) mass is 360 g/mol. The number of benzene rings is 1. The van der Waals surface area contributed by atoms with E-state index in [1.54, 1.807) is 12.1 Å². The van der Waals surface area contributed by atoms with Gasteiger partial charge in [-0.25, -0.2) is 4.39 Å². The minimum atomic E-state index is -0.445. The van der Waals surface area contributed by atoms with Crippen LogP contribution in [0.25, 0.3) is 0 Å². The molecule has 0 radical (unpaired) electrons. The topological polar surface area (TPSA) is 81.2 Å². The van der Waals surface area contributed by atoms with Gasteiger partial charge in [0.15, 0.2) is 0 Å². The number of aliphatic hydroxyl groups is 1. The van der Waals surface area contributed by atoms with E-state index in [4.69, 9.17) is 0 Å². The first-order valence-electron chi connectivity index (χ1n) is 8.92. The molecule has 1 saturated heterocycles. The molecule has 7 heteroatoms. The maximum Gasteiger partial charge on any atom is 0.234 e. The van der Waals surface area contributed by atoms with Crippen LogP contribution in [0.5, 0.6) is 0 Å². The third-order valence-electron chi connectivity index (χ3n) is 4.73. The molecule has 0 saturated carbocycles. The number of halogens is 1. The minimum absolute atomic E-state index is 0.0597. The third kappa shape index (κ3) is 5.12. The summed E-state index contributed by atoms with van der Waals surface area (Å²) >= 11 is 0. The van der Waals surface area contributed by atoms with Gasteiger partial charge in [0.2, 0.25) is 5.91 Å². The van der Waals surface area contributed by atoms with Crippen molar-refractivity contribution in [3.63, 3.8) is 0 Å². The molecule has 26 heavy (non-hydrogen) atoms. The highest BCUT2D eigenvalue weighted by molar-refractivity contribution is 5.78. The van der Waals surface area contributed by atoms with E-state index in [1.807, 2.05) is 17.9 Å². The number of H-pyrrole nitrogens is 1. The minimum Gasteiger partial charge on any atom is -0.391 e. The highest BCUT2D eigenvalue weighted by atomic mass is 19.1.